The van der Waals surface area contributed by atoms with Crippen molar-refractivity contribution < 1.29 is 29.0 Å². The van der Waals surface area contributed by atoms with E-state index in [0.717, 1.165) is 83.8 Å². The van der Waals surface area contributed by atoms with Crippen molar-refractivity contribution in [3.8, 4) is 11.1 Å². The molecule has 63 heavy (non-hydrogen) atoms. The van der Waals surface area contributed by atoms with Crippen molar-refractivity contribution >= 4 is 56.6 Å². The van der Waals surface area contributed by atoms with E-state index in [9.17, 15) is 24.3 Å². The maximum Gasteiger partial charge on any atom is 0.355 e. The van der Waals surface area contributed by atoms with Gasteiger partial charge in [0.2, 0.25) is 5.91 Å². The van der Waals surface area contributed by atoms with E-state index < -0.39 is 11.9 Å². The zero-order chi connectivity index (χ0) is 44.1. The fourth-order valence-corrected chi connectivity index (χ4v) is 13.0. The summed E-state index contributed by atoms with van der Waals surface area (Å²) in [6.45, 7) is 9.07. The average Bonchev–Trinajstić information content (AvgIpc) is 4.01. The summed E-state index contributed by atoms with van der Waals surface area (Å²) in [7, 11) is 0. The number of aromatic nitrogens is 4. The topological polar surface area (TPSA) is 183 Å². The molecule has 3 fully saturated rings. The number of carbonyl (C=O) groups is 4. The van der Waals surface area contributed by atoms with Crippen LogP contribution in [-0.4, -0.2) is 67.7 Å². The quantitative estimate of drug-likeness (QED) is 0.0860. The maximum absolute atomic E-state index is 13.7. The summed E-state index contributed by atoms with van der Waals surface area (Å²) in [6.07, 6.45) is 12.9. The number of anilines is 2. The van der Waals surface area contributed by atoms with E-state index in [-0.39, 0.29) is 45.8 Å². The number of aromatic carboxylic acids is 1. The predicted molar refractivity (Wildman–Crippen MR) is 243 cm³/mol. The molecule has 9 rings (SSSR count). The van der Waals surface area contributed by atoms with Gasteiger partial charge in [-0.15, -0.1) is 0 Å². The molecule has 2 aromatic carbocycles. The van der Waals surface area contributed by atoms with Crippen molar-refractivity contribution in [3.05, 3.63) is 88.9 Å². The Balaban J connectivity index is 0.939. The van der Waals surface area contributed by atoms with Crippen LogP contribution in [0.2, 0.25) is 0 Å². The van der Waals surface area contributed by atoms with Crippen molar-refractivity contribution in [2.24, 2.45) is 27.9 Å². The summed E-state index contributed by atoms with van der Waals surface area (Å²) in [5.41, 5.74) is 10.9. The van der Waals surface area contributed by atoms with Crippen LogP contribution in [-0.2, 0) is 33.8 Å². The molecular weight excluding hydrogens is 815 g/mol. The minimum Gasteiger partial charge on any atom is -0.476 e. The second-order valence-corrected chi connectivity index (χ2v) is 20.8. The molecule has 3 aromatic heterocycles. The summed E-state index contributed by atoms with van der Waals surface area (Å²) >= 11 is 1.43. The van der Waals surface area contributed by atoms with Crippen LogP contribution in [0.5, 0.6) is 0 Å². The number of amides is 2. The zero-order valence-corrected chi connectivity index (χ0v) is 37.3. The lowest BCUT2D eigenvalue weighted by Crippen LogP contribution is -2.42. The van der Waals surface area contributed by atoms with Crippen LogP contribution in [0.25, 0.3) is 21.3 Å². The third-order valence-corrected chi connectivity index (χ3v) is 15.7. The van der Waals surface area contributed by atoms with Gasteiger partial charge in [0.1, 0.15) is 12.1 Å². The molecular formula is C49H57N7O6S. The van der Waals surface area contributed by atoms with Gasteiger partial charge in [-0.1, -0.05) is 49.4 Å². The van der Waals surface area contributed by atoms with Crippen molar-refractivity contribution in [3.63, 3.8) is 0 Å². The second-order valence-electron chi connectivity index (χ2n) is 19.8. The van der Waals surface area contributed by atoms with Crippen molar-refractivity contribution in [1.82, 2.24) is 19.7 Å². The standard InChI is InChI=1S/C49H57N7O6S/c1-31-36(23-51-56(31)30-48-19-20-49(29-48,28-47(3)18-17-46(2,26-47)27-48)62-22-16-32(25-57)11-13-40(50)58)34-12-14-41(53-42(34)44(60)61)55-21-15-33-7-6-8-35(37(33)24-55)43(59)54-45-52-38-9-4-5-10-39(38)63-45/h4-10,12,14,23,25,32H,11,13,15-22,24,26-30H2,1-3H3,(H2,50,58)(H,60,61)(H,52,54,59). The van der Waals surface area contributed by atoms with Gasteiger partial charge >= 0.3 is 5.97 Å². The SMILES string of the molecule is Cc1c(-c2ccc(N3CCc4cccc(C(=O)Nc5nc6ccccc6s5)c4C3)nc2C(=O)O)cnn1CC12CCC(OCCC(C=O)CCC(N)=O)(CC3(C)CCC(C)(C3)C1)C2. The van der Waals surface area contributed by atoms with E-state index in [4.69, 9.17) is 20.6 Å². The van der Waals surface area contributed by atoms with Crippen LogP contribution in [0.3, 0.4) is 0 Å². The van der Waals surface area contributed by atoms with E-state index in [1.165, 1.54) is 17.8 Å². The van der Waals surface area contributed by atoms with Crippen molar-refractivity contribution in [1.29, 1.82) is 0 Å². The van der Waals surface area contributed by atoms with E-state index in [2.05, 4.69) is 28.8 Å². The number of benzene rings is 2. The molecule has 0 radical (unpaired) electrons. The van der Waals surface area contributed by atoms with Crippen molar-refractivity contribution in [2.45, 2.75) is 117 Å². The minimum absolute atomic E-state index is 0.0394. The first-order chi connectivity index (χ1) is 30.2. The zero-order valence-electron chi connectivity index (χ0n) is 36.5. The summed E-state index contributed by atoms with van der Waals surface area (Å²) < 4.78 is 9.99. The van der Waals surface area contributed by atoms with Crippen LogP contribution < -0.4 is 16.0 Å². The number of nitrogens with one attached hydrogen (secondary N) is 1. The Labute approximate surface area is 371 Å². The number of pyridine rings is 1. The first-order valence-corrected chi connectivity index (χ1v) is 23.2. The van der Waals surface area contributed by atoms with E-state index in [1.54, 1.807) is 6.20 Å². The summed E-state index contributed by atoms with van der Waals surface area (Å²) in [4.78, 5) is 61.3. The number of nitrogens with zero attached hydrogens (tertiary/aromatic N) is 5. The lowest BCUT2D eigenvalue weighted by molar-refractivity contribution is -0.119. The molecule has 2 amide bonds. The van der Waals surface area contributed by atoms with Gasteiger partial charge < -0.3 is 25.3 Å². The number of carboxylic acid groups (broad SMARTS) is 1. The second kappa shape index (κ2) is 16.6. The molecule has 0 spiro atoms. The highest BCUT2D eigenvalue weighted by Gasteiger charge is 2.59. The number of thiazole rings is 1. The van der Waals surface area contributed by atoms with Gasteiger partial charge in [-0.05, 0) is 135 Å². The number of nitrogens with two attached hydrogens (primary N) is 1. The molecule has 1 aliphatic heterocycles. The molecule has 5 aromatic rings. The average molecular weight is 872 g/mol. The predicted octanol–water partition coefficient (Wildman–Crippen LogP) is 8.76. The Morgan fingerprint density at radius 1 is 0.952 bits per heavy atom. The Morgan fingerprint density at radius 3 is 2.54 bits per heavy atom. The number of rotatable bonds is 15. The molecule has 5 atom stereocenters. The molecule has 5 unspecified atom stereocenters. The smallest absolute Gasteiger partial charge is 0.355 e. The lowest BCUT2D eigenvalue weighted by atomic mass is 9.64. The third-order valence-electron chi connectivity index (χ3n) is 14.7. The largest absolute Gasteiger partial charge is 0.476 e. The number of fused-ring (bicyclic) bond motifs is 6. The molecule has 0 saturated heterocycles. The third kappa shape index (κ3) is 8.63. The highest BCUT2D eigenvalue weighted by Crippen LogP contribution is 2.66. The van der Waals surface area contributed by atoms with Crippen LogP contribution in [0.1, 0.15) is 122 Å². The maximum atomic E-state index is 13.7. The van der Waals surface area contributed by atoms with E-state index in [1.807, 2.05) is 66.4 Å². The Hall–Kier alpha value is -5.47. The number of carboxylic acids is 1. The van der Waals surface area contributed by atoms with Crippen LogP contribution >= 0.6 is 11.3 Å². The molecule has 14 heteroatoms. The van der Waals surface area contributed by atoms with Crippen LogP contribution in [0.15, 0.2) is 60.8 Å². The van der Waals surface area contributed by atoms with E-state index >= 15 is 0 Å². The number of hydrogen-bond acceptors (Lipinski definition) is 10. The number of aldehydes is 1. The number of carbonyl (C=O) groups excluding carboxylic acids is 3. The van der Waals surface area contributed by atoms with Gasteiger partial charge in [-0.3, -0.25) is 19.6 Å². The first kappa shape index (κ1) is 42.8. The minimum atomic E-state index is -1.12. The Kier molecular flexibility index (Phi) is 11.3. The highest BCUT2D eigenvalue weighted by molar-refractivity contribution is 7.22. The van der Waals surface area contributed by atoms with Gasteiger partial charge in [-0.2, -0.15) is 5.10 Å². The van der Waals surface area contributed by atoms with Gasteiger partial charge in [0.15, 0.2) is 10.8 Å². The molecule has 13 nitrogen and oxygen atoms in total. The fourth-order valence-electron chi connectivity index (χ4n) is 12.1. The number of hydrogen-bond donors (Lipinski definition) is 3. The molecule has 330 valence electrons. The number of ether oxygens (including phenoxy) is 1. The Morgan fingerprint density at radius 2 is 1.76 bits per heavy atom. The molecule has 4 N–H and O–H groups in total. The van der Waals surface area contributed by atoms with E-state index in [0.29, 0.717) is 67.6 Å². The van der Waals surface area contributed by atoms with Gasteiger partial charge in [0.25, 0.3) is 5.91 Å². The highest BCUT2D eigenvalue weighted by atomic mass is 32.1. The fraction of sp³-hybridized carbons (Fsp3) is 0.490. The lowest BCUT2D eigenvalue weighted by Gasteiger charge is -2.45. The van der Waals surface area contributed by atoms with Gasteiger partial charge in [-0.25, -0.2) is 14.8 Å². The van der Waals surface area contributed by atoms with Crippen molar-refractivity contribution in [2.75, 3.05) is 23.4 Å². The molecule has 4 aliphatic rings. The van der Waals surface area contributed by atoms with Crippen LogP contribution in [0, 0.1) is 29.1 Å². The molecule has 4 bridgehead atoms. The molecule has 4 heterocycles. The van der Waals surface area contributed by atoms with Gasteiger partial charge in [0.05, 0.1) is 22.0 Å². The van der Waals surface area contributed by atoms with Crippen LogP contribution in [0.4, 0.5) is 10.9 Å². The molecule has 3 saturated carbocycles. The summed E-state index contributed by atoms with van der Waals surface area (Å²) in [6, 6.07) is 17.3. The normalized spacial score (nSPS) is 25.6. The molecule has 3 aliphatic carbocycles. The monoisotopic (exact) mass is 871 g/mol. The summed E-state index contributed by atoms with van der Waals surface area (Å²) in [5, 5.41) is 19.1. The Bertz CT molecular complexity index is 2570. The number of para-hydroxylation sites is 1. The van der Waals surface area contributed by atoms with Gasteiger partial charge in [0, 0.05) is 61.0 Å². The summed E-state index contributed by atoms with van der Waals surface area (Å²) in [5.74, 6) is -1.47. The number of primary amides is 1. The first-order valence-electron chi connectivity index (χ1n) is 22.3.